The molecule has 36 heavy (non-hydrogen) atoms. The van der Waals surface area contributed by atoms with Crippen molar-refractivity contribution in [1.82, 2.24) is 16.0 Å². The topological polar surface area (TPSA) is 135 Å². The summed E-state index contributed by atoms with van der Waals surface area (Å²) < 4.78 is 14.8. The molecule has 2 atom stereocenters. The standard InChI is InChI=1S/C25H31N3O7S/c1-2-20(17-11-12-21-22(14-17)34-16-33-21)28-23(29)27-18(15-36-19-9-4-3-5-10-19)8-6-7-13-26-24(30)35-25(31)32/h3-5,9-12,14,18,20H,2,6-8,13,15-16H2,1H3,(H,26,30)(H,31,32)(H2,27,28,29)/t18-,20-/m0/s1. The van der Waals surface area contributed by atoms with Crippen LogP contribution >= 0.6 is 11.8 Å². The van der Waals surface area contributed by atoms with Crippen molar-refractivity contribution in [3.63, 3.8) is 0 Å². The highest BCUT2D eigenvalue weighted by molar-refractivity contribution is 7.99. The van der Waals surface area contributed by atoms with Gasteiger partial charge in [-0.15, -0.1) is 11.8 Å². The maximum absolute atomic E-state index is 12.9. The number of hydrogen-bond acceptors (Lipinski definition) is 7. The first-order valence-electron chi connectivity index (χ1n) is 11.8. The van der Waals surface area contributed by atoms with Crippen LogP contribution in [0.3, 0.4) is 0 Å². The Labute approximate surface area is 214 Å². The van der Waals surface area contributed by atoms with Crippen LogP contribution in [0.25, 0.3) is 0 Å². The molecule has 10 nitrogen and oxygen atoms in total. The number of amides is 3. The van der Waals surface area contributed by atoms with Gasteiger partial charge in [0, 0.05) is 23.2 Å². The molecule has 3 rings (SSSR count). The van der Waals surface area contributed by atoms with Gasteiger partial charge in [-0.3, -0.25) is 0 Å². The fourth-order valence-electron chi connectivity index (χ4n) is 3.67. The molecular weight excluding hydrogens is 486 g/mol. The summed E-state index contributed by atoms with van der Waals surface area (Å²) >= 11 is 1.65. The summed E-state index contributed by atoms with van der Waals surface area (Å²) in [4.78, 5) is 35.7. The van der Waals surface area contributed by atoms with E-state index in [2.05, 4.69) is 20.7 Å². The molecule has 11 heteroatoms. The smallest absolute Gasteiger partial charge is 0.454 e. The molecule has 1 aliphatic heterocycles. The largest absolute Gasteiger partial charge is 0.514 e. The number of alkyl carbamates (subject to hydrolysis) is 1. The molecule has 3 amide bonds. The number of hydrogen-bond donors (Lipinski definition) is 4. The fourth-order valence-corrected chi connectivity index (χ4v) is 4.66. The molecule has 1 aliphatic rings. The lowest BCUT2D eigenvalue weighted by molar-refractivity contribution is 0.109. The molecule has 0 radical (unpaired) electrons. The number of urea groups is 1. The Balaban J connectivity index is 1.52. The minimum atomic E-state index is -1.65. The molecule has 0 saturated carbocycles. The molecule has 1 heterocycles. The van der Waals surface area contributed by atoms with Crippen molar-refractivity contribution in [2.75, 3.05) is 19.1 Å². The summed E-state index contributed by atoms with van der Waals surface area (Å²) in [6.07, 6.45) is 0.0714. The highest BCUT2D eigenvalue weighted by Gasteiger charge is 2.20. The van der Waals surface area contributed by atoms with Crippen molar-refractivity contribution < 1.29 is 33.7 Å². The zero-order valence-corrected chi connectivity index (χ0v) is 20.8. The summed E-state index contributed by atoms with van der Waals surface area (Å²) in [7, 11) is 0. The van der Waals surface area contributed by atoms with Crippen LogP contribution in [0.15, 0.2) is 53.4 Å². The van der Waals surface area contributed by atoms with Crippen LogP contribution in [0.4, 0.5) is 14.4 Å². The minimum absolute atomic E-state index is 0.115. The number of unbranched alkanes of at least 4 members (excludes halogenated alkanes) is 1. The molecule has 2 aromatic rings. The van der Waals surface area contributed by atoms with Crippen LogP contribution in [0, 0.1) is 0 Å². The third kappa shape index (κ3) is 8.88. The maximum Gasteiger partial charge on any atom is 0.514 e. The van der Waals surface area contributed by atoms with Gasteiger partial charge in [0.15, 0.2) is 11.5 Å². The van der Waals surface area contributed by atoms with Gasteiger partial charge < -0.3 is 35.3 Å². The fraction of sp³-hybridized carbons (Fsp3) is 0.400. The van der Waals surface area contributed by atoms with E-state index in [1.165, 1.54) is 0 Å². The molecule has 194 valence electrons. The molecule has 0 saturated heterocycles. The van der Waals surface area contributed by atoms with E-state index < -0.39 is 12.2 Å². The molecule has 0 spiro atoms. The van der Waals surface area contributed by atoms with E-state index in [-0.39, 0.29) is 31.5 Å². The average molecular weight is 518 g/mol. The second-order valence-electron chi connectivity index (χ2n) is 8.09. The number of nitrogens with one attached hydrogen (secondary N) is 3. The third-order valence-electron chi connectivity index (χ3n) is 5.47. The van der Waals surface area contributed by atoms with Crippen molar-refractivity contribution in [3.05, 3.63) is 54.1 Å². The first kappa shape index (κ1) is 27.0. The summed E-state index contributed by atoms with van der Waals surface area (Å²) in [5, 5.41) is 17.0. The van der Waals surface area contributed by atoms with Crippen molar-refractivity contribution >= 4 is 30.0 Å². The highest BCUT2D eigenvalue weighted by atomic mass is 32.2. The normalized spacial score (nSPS) is 13.4. The first-order chi connectivity index (χ1) is 17.4. The van der Waals surface area contributed by atoms with Gasteiger partial charge in [0.05, 0.1) is 6.04 Å². The van der Waals surface area contributed by atoms with E-state index >= 15 is 0 Å². The van der Waals surface area contributed by atoms with Crippen molar-refractivity contribution in [1.29, 1.82) is 0 Å². The Bertz CT molecular complexity index is 1020. The quantitative estimate of drug-likeness (QED) is 0.135. The summed E-state index contributed by atoms with van der Waals surface area (Å²) in [5.41, 5.74) is 0.937. The highest BCUT2D eigenvalue weighted by Crippen LogP contribution is 2.34. The number of carbonyl (C=O) groups is 3. The predicted molar refractivity (Wildman–Crippen MR) is 135 cm³/mol. The molecular formula is C25H31N3O7S. The van der Waals surface area contributed by atoms with Crippen LogP contribution in [0.2, 0.25) is 0 Å². The maximum atomic E-state index is 12.9. The molecule has 0 aromatic heterocycles. The minimum Gasteiger partial charge on any atom is -0.454 e. The van der Waals surface area contributed by atoms with E-state index in [0.29, 0.717) is 42.9 Å². The second-order valence-corrected chi connectivity index (χ2v) is 9.18. The zero-order chi connectivity index (χ0) is 25.8. The van der Waals surface area contributed by atoms with Gasteiger partial charge in [-0.05, 0) is 55.5 Å². The Morgan fingerprint density at radius 1 is 1.06 bits per heavy atom. The molecule has 4 N–H and O–H groups in total. The number of rotatable bonds is 12. The Hall–Kier alpha value is -3.60. The average Bonchev–Trinajstić information content (AvgIpc) is 3.33. The van der Waals surface area contributed by atoms with Crippen LogP contribution in [0.5, 0.6) is 11.5 Å². The van der Waals surface area contributed by atoms with E-state index in [9.17, 15) is 14.4 Å². The van der Waals surface area contributed by atoms with Gasteiger partial charge >= 0.3 is 18.3 Å². The summed E-state index contributed by atoms with van der Waals surface area (Å²) in [6, 6.07) is 15.0. The third-order valence-corrected chi connectivity index (χ3v) is 6.65. The van der Waals surface area contributed by atoms with Crippen LogP contribution < -0.4 is 25.4 Å². The number of carboxylic acid groups (broad SMARTS) is 1. The van der Waals surface area contributed by atoms with Crippen molar-refractivity contribution in [2.24, 2.45) is 0 Å². The van der Waals surface area contributed by atoms with E-state index in [4.69, 9.17) is 14.6 Å². The lowest BCUT2D eigenvalue weighted by Crippen LogP contribution is -2.44. The predicted octanol–water partition coefficient (Wildman–Crippen LogP) is 4.90. The van der Waals surface area contributed by atoms with E-state index in [1.807, 2.05) is 55.5 Å². The van der Waals surface area contributed by atoms with Gasteiger partial charge in [0.2, 0.25) is 6.79 Å². The Morgan fingerprint density at radius 2 is 1.83 bits per heavy atom. The van der Waals surface area contributed by atoms with E-state index in [0.717, 1.165) is 10.5 Å². The van der Waals surface area contributed by atoms with E-state index in [1.54, 1.807) is 11.8 Å². The van der Waals surface area contributed by atoms with Gasteiger partial charge in [-0.25, -0.2) is 14.4 Å². The van der Waals surface area contributed by atoms with Gasteiger partial charge in [0.25, 0.3) is 0 Å². The molecule has 2 aromatic carbocycles. The molecule has 0 unspecified atom stereocenters. The van der Waals surface area contributed by atoms with Crippen molar-refractivity contribution in [3.8, 4) is 11.5 Å². The Kier molecular flexibility index (Phi) is 10.6. The second kappa shape index (κ2) is 14.1. The number of fused-ring (bicyclic) bond motifs is 1. The van der Waals surface area contributed by atoms with Crippen LogP contribution in [-0.4, -0.2) is 48.5 Å². The summed E-state index contributed by atoms with van der Waals surface area (Å²) in [6.45, 7) is 2.47. The monoisotopic (exact) mass is 517 g/mol. The Morgan fingerprint density at radius 3 is 2.58 bits per heavy atom. The molecule has 0 aliphatic carbocycles. The number of ether oxygens (including phenoxy) is 3. The number of benzene rings is 2. The van der Waals surface area contributed by atoms with Gasteiger partial charge in [-0.2, -0.15) is 0 Å². The first-order valence-corrected chi connectivity index (χ1v) is 12.8. The molecule has 0 bridgehead atoms. The zero-order valence-electron chi connectivity index (χ0n) is 20.0. The van der Waals surface area contributed by atoms with Crippen LogP contribution in [-0.2, 0) is 4.74 Å². The van der Waals surface area contributed by atoms with Crippen molar-refractivity contribution in [2.45, 2.75) is 49.6 Å². The summed E-state index contributed by atoms with van der Waals surface area (Å²) in [5.74, 6) is 2.04. The van der Waals surface area contributed by atoms with Crippen LogP contribution in [0.1, 0.15) is 44.2 Å². The SMILES string of the molecule is CC[C@H](NC(=O)N[C@@H](CCCCNC(=O)OC(=O)O)CSc1ccccc1)c1ccc2c(c1)OCO2. The number of thioether (sulfide) groups is 1. The lowest BCUT2D eigenvalue weighted by atomic mass is 10.0. The number of carbonyl (C=O) groups excluding carboxylic acids is 2. The van der Waals surface area contributed by atoms with Gasteiger partial charge in [-0.1, -0.05) is 31.2 Å². The van der Waals surface area contributed by atoms with Gasteiger partial charge in [0.1, 0.15) is 0 Å². The molecule has 0 fully saturated rings. The lowest BCUT2D eigenvalue weighted by Gasteiger charge is -2.23.